The molecule has 12 aromatic rings. The van der Waals surface area contributed by atoms with Gasteiger partial charge in [0.25, 0.3) is 0 Å². The molecule has 1 spiro atoms. The molecule has 3 heterocycles. The summed E-state index contributed by atoms with van der Waals surface area (Å²) in [5.41, 5.74) is 22.2. The van der Waals surface area contributed by atoms with E-state index in [1.54, 1.807) is 0 Å². The smallest absolute Gasteiger partial charge is 0.0755 e. The normalized spacial score (nSPS) is 15.8. The van der Waals surface area contributed by atoms with Gasteiger partial charge in [-0.15, -0.1) is 11.3 Å². The Bertz CT molecular complexity index is 4090. The van der Waals surface area contributed by atoms with E-state index in [0.717, 1.165) is 11.4 Å². The van der Waals surface area contributed by atoms with Crippen molar-refractivity contribution in [3.63, 3.8) is 0 Å². The Morgan fingerprint density at radius 1 is 0.418 bits per heavy atom. The van der Waals surface area contributed by atoms with Gasteiger partial charge in [0, 0.05) is 53.3 Å². The zero-order chi connectivity index (χ0) is 44.2. The lowest BCUT2D eigenvalue weighted by Gasteiger charge is -2.39. The van der Waals surface area contributed by atoms with Gasteiger partial charge in [-0.3, -0.25) is 0 Å². The molecule has 0 amide bonds. The first-order chi connectivity index (χ1) is 33.0. The number of thiophene rings is 1. The van der Waals surface area contributed by atoms with Crippen LogP contribution in [0.15, 0.2) is 218 Å². The van der Waals surface area contributed by atoms with E-state index in [1.807, 2.05) is 11.3 Å². The highest BCUT2D eigenvalue weighted by Gasteiger charge is 2.52. The third-order valence-corrected chi connectivity index (χ3v) is 16.8. The highest BCUT2D eigenvalue weighted by atomic mass is 32.1. The average Bonchev–Trinajstić information content (AvgIpc) is 4.09. The second-order valence-corrected chi connectivity index (χ2v) is 20.2. The van der Waals surface area contributed by atoms with Crippen LogP contribution >= 0.6 is 11.3 Å². The number of hydrogen-bond acceptors (Lipinski definition) is 2. The summed E-state index contributed by atoms with van der Waals surface area (Å²) in [4.78, 5) is 2.55. The van der Waals surface area contributed by atoms with Crippen molar-refractivity contribution in [1.29, 1.82) is 0 Å². The van der Waals surface area contributed by atoms with Crippen molar-refractivity contribution in [3.8, 4) is 39.1 Å². The van der Waals surface area contributed by atoms with Crippen LogP contribution in [0.3, 0.4) is 0 Å². The first-order valence-electron chi connectivity index (χ1n) is 23.4. The fraction of sp³-hybridized carbons (Fsp3) is 0.0625. The van der Waals surface area contributed by atoms with Crippen LogP contribution in [0.2, 0.25) is 0 Å². The molecule has 1 atom stereocenters. The Labute approximate surface area is 393 Å². The maximum absolute atomic E-state index is 2.55. The minimum absolute atomic E-state index is 0.154. The molecule has 0 fully saturated rings. The van der Waals surface area contributed by atoms with Crippen LogP contribution in [-0.4, -0.2) is 4.57 Å². The van der Waals surface area contributed by atoms with Gasteiger partial charge in [0.1, 0.15) is 0 Å². The summed E-state index contributed by atoms with van der Waals surface area (Å²) in [6, 6.07) is 82.5. The van der Waals surface area contributed by atoms with Crippen molar-refractivity contribution < 1.29 is 0 Å². The van der Waals surface area contributed by atoms with Gasteiger partial charge in [-0.25, -0.2) is 0 Å². The summed E-state index contributed by atoms with van der Waals surface area (Å²) in [7, 11) is 0. The van der Waals surface area contributed by atoms with E-state index in [-0.39, 0.29) is 5.41 Å². The van der Waals surface area contributed by atoms with Crippen molar-refractivity contribution in [1.82, 2.24) is 4.57 Å². The third kappa shape index (κ3) is 4.74. The molecule has 2 aromatic heterocycles. The molecule has 67 heavy (non-hydrogen) atoms. The summed E-state index contributed by atoms with van der Waals surface area (Å²) in [6.07, 6.45) is 0. The number of hydrogen-bond donors (Lipinski definition) is 0. The van der Waals surface area contributed by atoms with Gasteiger partial charge in [-0.2, -0.15) is 0 Å². The Balaban J connectivity index is 0.996. The van der Waals surface area contributed by atoms with Crippen molar-refractivity contribution in [2.75, 3.05) is 4.90 Å². The standard InChI is InChI=1S/C64H42N2S/c1-63(2)50-23-7-3-16-43(50)44-37-36-41(38-55(44)63)65(40-34-32-39(33-35-40)42-20-13-22-48-46-18-6-12-31-59(46)67-62(42)48)58-30-15-26-53-60(58)49-19-4-8-24-51(49)64(53)52-25-9-11-29-57(52)66-56-28-10-5-17-45(56)47-21-14-27-54(64)61(47)66/h3-38H,1-2H3. The molecule has 0 radical (unpaired) electrons. The van der Waals surface area contributed by atoms with E-state index in [4.69, 9.17) is 0 Å². The maximum Gasteiger partial charge on any atom is 0.0755 e. The highest BCUT2D eigenvalue weighted by molar-refractivity contribution is 7.26. The number of anilines is 3. The SMILES string of the molecule is CC1(C)c2ccccc2-c2ccc(N(c3ccc(-c4cccc5c4sc4ccccc45)cc3)c3cccc4c3-c3ccccc3C43c4ccccc4-n4c5ccccc5c5cccc3c54)cc21. The van der Waals surface area contributed by atoms with Gasteiger partial charge in [-0.1, -0.05) is 184 Å². The second kappa shape index (κ2) is 13.3. The monoisotopic (exact) mass is 870 g/mol. The van der Waals surface area contributed by atoms with Crippen LogP contribution in [0.1, 0.15) is 47.2 Å². The highest BCUT2D eigenvalue weighted by Crippen LogP contribution is 2.63. The summed E-state index contributed by atoms with van der Waals surface area (Å²) < 4.78 is 5.18. The van der Waals surface area contributed by atoms with E-state index in [0.29, 0.717) is 0 Å². The van der Waals surface area contributed by atoms with Crippen LogP contribution in [-0.2, 0) is 10.8 Å². The van der Waals surface area contributed by atoms with Crippen molar-refractivity contribution in [2.24, 2.45) is 0 Å². The number of aromatic nitrogens is 1. The molecule has 314 valence electrons. The number of rotatable bonds is 4. The number of nitrogens with zero attached hydrogens (tertiary/aromatic N) is 2. The molecule has 1 aliphatic heterocycles. The van der Waals surface area contributed by atoms with Gasteiger partial charge in [-0.05, 0) is 110 Å². The Hall–Kier alpha value is -7.98. The lowest BCUT2D eigenvalue weighted by molar-refractivity contribution is 0.660. The van der Waals surface area contributed by atoms with Crippen molar-refractivity contribution >= 4 is 70.4 Å². The summed E-state index contributed by atoms with van der Waals surface area (Å²) in [6.45, 7) is 4.77. The zero-order valence-corrected chi connectivity index (χ0v) is 37.9. The van der Waals surface area contributed by atoms with E-state index in [2.05, 4.69) is 242 Å². The minimum Gasteiger partial charge on any atom is -0.310 e. The molecule has 2 nitrogen and oxygen atoms in total. The molecule has 10 aromatic carbocycles. The molecular formula is C64H42N2S. The largest absolute Gasteiger partial charge is 0.310 e. The summed E-state index contributed by atoms with van der Waals surface area (Å²) in [5.74, 6) is 0. The van der Waals surface area contributed by atoms with E-state index in [9.17, 15) is 0 Å². The van der Waals surface area contributed by atoms with E-state index in [1.165, 1.54) is 120 Å². The molecule has 0 N–H and O–H groups in total. The summed E-state index contributed by atoms with van der Waals surface area (Å²) >= 11 is 1.89. The molecule has 0 saturated heterocycles. The fourth-order valence-electron chi connectivity index (χ4n) is 12.8. The zero-order valence-electron chi connectivity index (χ0n) is 37.1. The minimum atomic E-state index is -0.553. The van der Waals surface area contributed by atoms with Gasteiger partial charge in [0.05, 0.1) is 27.8 Å². The Kier molecular flexibility index (Phi) is 7.41. The average molecular weight is 871 g/mol. The topological polar surface area (TPSA) is 8.17 Å². The van der Waals surface area contributed by atoms with Crippen LogP contribution in [0.4, 0.5) is 17.1 Å². The van der Waals surface area contributed by atoms with Gasteiger partial charge in [0.2, 0.25) is 0 Å². The molecule has 0 bridgehead atoms. The Morgan fingerprint density at radius 2 is 1.03 bits per heavy atom. The first kappa shape index (κ1) is 37.3. The molecule has 3 heteroatoms. The quantitative estimate of drug-likeness (QED) is 0.171. The van der Waals surface area contributed by atoms with Gasteiger partial charge in [0.15, 0.2) is 0 Å². The number of fused-ring (bicyclic) bond motifs is 18. The molecule has 15 rings (SSSR count). The van der Waals surface area contributed by atoms with Gasteiger partial charge >= 0.3 is 0 Å². The molecule has 3 aliphatic rings. The molecule has 1 unspecified atom stereocenters. The number of benzene rings is 10. The third-order valence-electron chi connectivity index (χ3n) is 15.6. The predicted octanol–water partition coefficient (Wildman–Crippen LogP) is 17.3. The molecule has 0 saturated carbocycles. The summed E-state index contributed by atoms with van der Waals surface area (Å²) in [5, 5.41) is 5.21. The van der Waals surface area contributed by atoms with Crippen LogP contribution < -0.4 is 4.90 Å². The molecular weight excluding hydrogens is 829 g/mol. The maximum atomic E-state index is 2.55. The fourth-order valence-corrected chi connectivity index (χ4v) is 14.0. The van der Waals surface area contributed by atoms with Crippen LogP contribution in [0.5, 0.6) is 0 Å². The lowest BCUT2D eigenvalue weighted by atomic mass is 9.65. The van der Waals surface area contributed by atoms with E-state index < -0.39 is 5.41 Å². The second-order valence-electron chi connectivity index (χ2n) is 19.1. The first-order valence-corrected chi connectivity index (χ1v) is 24.2. The molecule has 2 aliphatic carbocycles. The van der Waals surface area contributed by atoms with Crippen molar-refractivity contribution in [3.05, 3.63) is 252 Å². The van der Waals surface area contributed by atoms with Crippen molar-refractivity contribution in [2.45, 2.75) is 24.7 Å². The van der Waals surface area contributed by atoms with Crippen LogP contribution in [0.25, 0.3) is 81.0 Å². The van der Waals surface area contributed by atoms with Gasteiger partial charge < -0.3 is 9.47 Å². The lowest BCUT2D eigenvalue weighted by Crippen LogP contribution is -2.33. The van der Waals surface area contributed by atoms with Crippen LogP contribution in [0, 0.1) is 0 Å². The Morgan fingerprint density at radius 3 is 1.91 bits per heavy atom. The predicted molar refractivity (Wildman–Crippen MR) is 282 cm³/mol. The number of para-hydroxylation sites is 3. The van der Waals surface area contributed by atoms with E-state index >= 15 is 0 Å².